The molecule has 2 saturated carbocycles. The Kier molecular flexibility index (Phi) is 6.19. The van der Waals surface area contributed by atoms with Gasteiger partial charge in [-0.25, -0.2) is 4.98 Å². The third kappa shape index (κ3) is 3.82. The predicted octanol–water partition coefficient (Wildman–Crippen LogP) is 2.98. The number of nitrogens with one attached hydrogen (secondary N) is 1. The van der Waals surface area contributed by atoms with Crippen LogP contribution in [-0.2, 0) is 5.54 Å². The van der Waals surface area contributed by atoms with Crippen molar-refractivity contribution >= 4 is 5.69 Å². The van der Waals surface area contributed by atoms with Crippen LogP contribution in [0.5, 0.6) is 5.88 Å². The minimum Gasteiger partial charge on any atom is -0.479 e. The number of hydrogen-bond donors (Lipinski definition) is 2. The summed E-state index contributed by atoms with van der Waals surface area (Å²) in [5, 5.41) is 24.4. The van der Waals surface area contributed by atoms with Gasteiger partial charge in [-0.2, -0.15) is 10.2 Å². The molecule has 1 aliphatic heterocycles. The minimum absolute atomic E-state index is 0.0533. The predicted molar refractivity (Wildman–Crippen MR) is 129 cm³/mol. The van der Waals surface area contributed by atoms with Crippen LogP contribution in [0.4, 0.5) is 5.69 Å². The molecule has 1 spiro atoms. The van der Waals surface area contributed by atoms with Gasteiger partial charge in [0.05, 0.1) is 13.3 Å². The van der Waals surface area contributed by atoms with Crippen molar-refractivity contribution in [3.05, 3.63) is 47.9 Å². The zero-order chi connectivity index (χ0) is 23.8. The van der Waals surface area contributed by atoms with Gasteiger partial charge in [0.2, 0.25) is 11.7 Å². The highest BCUT2D eigenvalue weighted by Crippen LogP contribution is 2.49. The van der Waals surface area contributed by atoms with Gasteiger partial charge in [-0.1, -0.05) is 36.8 Å². The van der Waals surface area contributed by atoms with Gasteiger partial charge < -0.3 is 20.1 Å². The monoisotopic (exact) mass is 462 g/mol. The molecule has 34 heavy (non-hydrogen) atoms. The second-order valence-corrected chi connectivity index (χ2v) is 10.0. The molecule has 2 aliphatic carbocycles. The van der Waals surface area contributed by atoms with E-state index in [-0.39, 0.29) is 16.9 Å². The SMILES string of the molecule is CN[C@]1(c2ccccc2)CC[C@]2(CC1)CN(c1cnc(C#N)nc1OC)C(O)N2CC1CCC1. The van der Waals surface area contributed by atoms with E-state index in [1.165, 1.54) is 24.8 Å². The van der Waals surface area contributed by atoms with Crippen LogP contribution < -0.4 is 15.0 Å². The average Bonchev–Trinajstić information content (AvgIpc) is 3.13. The summed E-state index contributed by atoms with van der Waals surface area (Å²) in [4.78, 5) is 12.7. The number of anilines is 1. The summed E-state index contributed by atoms with van der Waals surface area (Å²) in [6.07, 6.45) is 8.51. The van der Waals surface area contributed by atoms with Crippen LogP contribution >= 0.6 is 0 Å². The van der Waals surface area contributed by atoms with Crippen LogP contribution in [0.1, 0.15) is 56.3 Å². The molecule has 0 bridgehead atoms. The number of hydrogen-bond acceptors (Lipinski definition) is 8. The van der Waals surface area contributed by atoms with Crippen molar-refractivity contribution in [1.29, 1.82) is 5.26 Å². The quantitative estimate of drug-likeness (QED) is 0.676. The highest BCUT2D eigenvalue weighted by molar-refractivity contribution is 5.56. The van der Waals surface area contributed by atoms with Crippen LogP contribution in [-0.4, -0.2) is 59.1 Å². The fourth-order valence-electron chi connectivity index (χ4n) is 6.14. The summed E-state index contributed by atoms with van der Waals surface area (Å²) < 4.78 is 5.50. The van der Waals surface area contributed by atoms with Crippen LogP contribution in [0.2, 0.25) is 0 Å². The molecule has 5 rings (SSSR count). The number of nitrogens with zero attached hydrogens (tertiary/aromatic N) is 5. The van der Waals surface area contributed by atoms with E-state index in [0.29, 0.717) is 24.0 Å². The van der Waals surface area contributed by atoms with E-state index in [1.54, 1.807) is 13.3 Å². The Morgan fingerprint density at radius 1 is 1.21 bits per heavy atom. The molecule has 0 radical (unpaired) electrons. The second kappa shape index (κ2) is 9.14. The standard InChI is InChI=1S/C26H34N6O2/c1-28-26(20-9-4-3-5-10-20)13-11-25(12-14-26)18-31(24(33)32(25)17-19-7-6-8-19)21-16-29-22(15-27)30-23(21)34-2/h3-5,9-10,16,19,24,28,33H,6-8,11-14,17-18H2,1-2H3/t24?,25-,26+. The molecule has 1 saturated heterocycles. The van der Waals surface area contributed by atoms with Crippen molar-refractivity contribution in [2.75, 3.05) is 32.1 Å². The molecule has 2 N–H and O–H groups in total. The first-order valence-electron chi connectivity index (χ1n) is 12.3. The smallest absolute Gasteiger partial charge is 0.241 e. The molecule has 1 aromatic heterocycles. The number of benzene rings is 1. The number of aliphatic hydroxyl groups is 1. The molecule has 180 valence electrons. The number of aromatic nitrogens is 2. The zero-order valence-electron chi connectivity index (χ0n) is 20.1. The van der Waals surface area contributed by atoms with Crippen LogP contribution in [0.25, 0.3) is 0 Å². The minimum atomic E-state index is -0.773. The van der Waals surface area contributed by atoms with E-state index in [9.17, 15) is 10.4 Å². The molecule has 1 unspecified atom stereocenters. The number of ether oxygens (including phenoxy) is 1. The van der Waals surface area contributed by atoms with Gasteiger partial charge in [-0.05, 0) is 57.1 Å². The molecule has 8 nitrogen and oxygen atoms in total. The van der Waals surface area contributed by atoms with Gasteiger partial charge in [-0.3, -0.25) is 4.90 Å². The normalized spacial score (nSPS) is 29.7. The van der Waals surface area contributed by atoms with Gasteiger partial charge in [0.25, 0.3) is 0 Å². The second-order valence-electron chi connectivity index (χ2n) is 10.0. The van der Waals surface area contributed by atoms with E-state index < -0.39 is 6.35 Å². The summed E-state index contributed by atoms with van der Waals surface area (Å²) in [7, 11) is 3.60. The van der Waals surface area contributed by atoms with Crippen LogP contribution in [0, 0.1) is 17.2 Å². The molecule has 1 atom stereocenters. The molecule has 8 heteroatoms. The fourth-order valence-corrected chi connectivity index (χ4v) is 6.14. The average molecular weight is 463 g/mol. The van der Waals surface area contributed by atoms with E-state index in [2.05, 4.69) is 57.6 Å². The number of nitriles is 1. The topological polar surface area (TPSA) is 97.5 Å². The van der Waals surface area contributed by atoms with Gasteiger partial charge in [0.15, 0.2) is 6.35 Å². The third-order valence-corrected chi connectivity index (χ3v) is 8.49. The lowest BCUT2D eigenvalue weighted by molar-refractivity contribution is -0.0563. The Hall–Kier alpha value is -2.73. The first-order chi connectivity index (χ1) is 16.5. The Balaban J connectivity index is 1.46. The van der Waals surface area contributed by atoms with E-state index in [1.807, 2.05) is 11.0 Å². The lowest BCUT2D eigenvalue weighted by Gasteiger charge is -2.49. The van der Waals surface area contributed by atoms with Crippen molar-refractivity contribution in [2.24, 2.45) is 5.92 Å². The summed E-state index contributed by atoms with van der Waals surface area (Å²) in [6, 6.07) is 12.7. The Bertz CT molecular complexity index is 1040. The largest absolute Gasteiger partial charge is 0.479 e. The maximum Gasteiger partial charge on any atom is 0.241 e. The molecule has 3 aliphatic rings. The van der Waals surface area contributed by atoms with E-state index in [4.69, 9.17) is 4.74 Å². The number of aliphatic hydroxyl groups excluding tert-OH is 1. The van der Waals surface area contributed by atoms with Crippen molar-refractivity contribution < 1.29 is 9.84 Å². The number of rotatable bonds is 6. The first kappa shape index (κ1) is 23.0. The van der Waals surface area contributed by atoms with Gasteiger partial charge in [0, 0.05) is 24.2 Å². The summed E-state index contributed by atoms with van der Waals surface area (Å²) in [5.41, 5.74) is 1.78. The fraction of sp³-hybridized carbons (Fsp3) is 0.577. The molecular weight excluding hydrogens is 428 g/mol. The van der Waals surface area contributed by atoms with Crippen LogP contribution in [0.15, 0.2) is 36.5 Å². The van der Waals surface area contributed by atoms with Gasteiger partial charge in [-0.15, -0.1) is 0 Å². The van der Waals surface area contributed by atoms with E-state index >= 15 is 0 Å². The lowest BCUT2D eigenvalue weighted by Crippen LogP contribution is -2.57. The molecule has 3 fully saturated rings. The maximum atomic E-state index is 11.6. The molecular formula is C26H34N6O2. The lowest BCUT2D eigenvalue weighted by atomic mass is 9.68. The molecule has 2 heterocycles. The zero-order valence-corrected chi connectivity index (χ0v) is 20.1. The molecule has 2 aromatic rings. The van der Waals surface area contributed by atoms with Crippen molar-refractivity contribution in [3.8, 4) is 11.9 Å². The van der Waals surface area contributed by atoms with Gasteiger partial charge >= 0.3 is 0 Å². The maximum absolute atomic E-state index is 11.6. The Morgan fingerprint density at radius 2 is 1.94 bits per heavy atom. The summed E-state index contributed by atoms with van der Waals surface area (Å²) in [5.74, 6) is 1.03. The Labute approximate surface area is 201 Å². The number of methoxy groups -OCH3 is 1. The molecule has 1 aromatic carbocycles. The summed E-state index contributed by atoms with van der Waals surface area (Å²) in [6.45, 7) is 1.58. The molecule has 0 amide bonds. The van der Waals surface area contributed by atoms with E-state index in [0.717, 1.165) is 32.2 Å². The van der Waals surface area contributed by atoms with Gasteiger partial charge in [0.1, 0.15) is 11.8 Å². The van der Waals surface area contributed by atoms with Crippen molar-refractivity contribution in [1.82, 2.24) is 20.2 Å². The highest BCUT2D eigenvalue weighted by atomic mass is 16.5. The first-order valence-corrected chi connectivity index (χ1v) is 12.3. The highest BCUT2D eigenvalue weighted by Gasteiger charge is 2.55. The van der Waals surface area contributed by atoms with Crippen molar-refractivity contribution in [2.45, 2.75) is 62.4 Å². The van der Waals surface area contributed by atoms with Crippen molar-refractivity contribution in [3.63, 3.8) is 0 Å². The summed E-state index contributed by atoms with van der Waals surface area (Å²) >= 11 is 0. The Morgan fingerprint density at radius 3 is 2.53 bits per heavy atom. The third-order valence-electron chi connectivity index (χ3n) is 8.49. The van der Waals surface area contributed by atoms with Crippen LogP contribution in [0.3, 0.4) is 0 Å².